The molecule has 0 spiro atoms. The first-order valence-electron chi connectivity index (χ1n) is 6.93. The molecule has 0 fully saturated rings. The van der Waals surface area contributed by atoms with Crippen molar-refractivity contribution in [1.82, 2.24) is 0 Å². The first kappa shape index (κ1) is 21.2. The summed E-state index contributed by atoms with van der Waals surface area (Å²) in [4.78, 5) is 0. The van der Waals surface area contributed by atoms with Gasteiger partial charge in [-0.15, -0.1) is 0 Å². The van der Waals surface area contributed by atoms with E-state index in [1.807, 2.05) is 13.8 Å². The van der Waals surface area contributed by atoms with E-state index < -0.39 is 31.9 Å². The van der Waals surface area contributed by atoms with E-state index in [0.29, 0.717) is 17.9 Å². The van der Waals surface area contributed by atoms with Crippen molar-refractivity contribution in [2.24, 2.45) is 5.92 Å². The van der Waals surface area contributed by atoms with Crippen LogP contribution in [-0.4, -0.2) is 31.9 Å². The van der Waals surface area contributed by atoms with Gasteiger partial charge in [0.25, 0.3) is 0 Å². The Labute approximate surface area is 126 Å². The van der Waals surface area contributed by atoms with Gasteiger partial charge in [-0.3, -0.25) is 0 Å². The lowest BCUT2D eigenvalue weighted by molar-refractivity contribution is -0.246. The van der Waals surface area contributed by atoms with Gasteiger partial charge in [-0.2, -0.15) is 26.3 Å². The third-order valence-electron chi connectivity index (χ3n) is 2.60. The number of hydrogen-bond acceptors (Lipinski definition) is 2. The number of rotatable bonds is 9. The van der Waals surface area contributed by atoms with Crippen molar-refractivity contribution >= 4 is 0 Å². The Morgan fingerprint density at radius 1 is 0.955 bits per heavy atom. The van der Waals surface area contributed by atoms with E-state index in [0.717, 1.165) is 18.9 Å². The summed E-state index contributed by atoms with van der Waals surface area (Å²) in [5.41, 5.74) is 0.634. The molecule has 2 nitrogen and oxygen atoms in total. The molecule has 0 bridgehead atoms. The van der Waals surface area contributed by atoms with Gasteiger partial charge < -0.3 is 9.47 Å². The molecular formula is C14H22F6O2. The van der Waals surface area contributed by atoms with Crippen molar-refractivity contribution in [2.75, 3.05) is 13.2 Å². The van der Waals surface area contributed by atoms with E-state index in [1.54, 1.807) is 6.92 Å². The molecule has 0 heterocycles. The fraction of sp³-hybridized carbons (Fsp3) is 0.857. The largest absolute Gasteiger partial charge is 0.411 e. The fourth-order valence-corrected chi connectivity index (χ4v) is 1.60. The average Bonchev–Trinajstić information content (AvgIpc) is 2.30. The third-order valence-corrected chi connectivity index (χ3v) is 2.60. The van der Waals surface area contributed by atoms with Crippen LogP contribution in [0.5, 0.6) is 0 Å². The lowest BCUT2D eigenvalue weighted by Crippen LogP contribution is -2.28. The second-order valence-corrected chi connectivity index (χ2v) is 5.52. The monoisotopic (exact) mass is 336 g/mol. The van der Waals surface area contributed by atoms with Crippen molar-refractivity contribution in [1.29, 1.82) is 0 Å². The zero-order chi connectivity index (χ0) is 17.4. The molecule has 0 unspecified atom stereocenters. The molecule has 0 N–H and O–H groups in total. The highest BCUT2D eigenvalue weighted by atomic mass is 19.4. The van der Waals surface area contributed by atoms with Crippen LogP contribution in [0.15, 0.2) is 11.6 Å². The van der Waals surface area contributed by atoms with E-state index in [9.17, 15) is 26.3 Å². The predicted octanol–water partition coefficient (Wildman–Crippen LogP) is 5.24. The predicted molar refractivity (Wildman–Crippen MR) is 70.2 cm³/mol. The number of alkyl halides is 6. The summed E-state index contributed by atoms with van der Waals surface area (Å²) in [7, 11) is 0. The molecule has 132 valence electrons. The zero-order valence-corrected chi connectivity index (χ0v) is 12.9. The van der Waals surface area contributed by atoms with Crippen LogP contribution < -0.4 is 0 Å². The first-order chi connectivity index (χ1) is 9.89. The Morgan fingerprint density at radius 3 is 1.77 bits per heavy atom. The third kappa shape index (κ3) is 14.2. The zero-order valence-electron chi connectivity index (χ0n) is 12.9. The van der Waals surface area contributed by atoms with Gasteiger partial charge in [0.05, 0.1) is 0 Å². The lowest BCUT2D eigenvalue weighted by atomic mass is 10.0. The molecule has 0 aliphatic heterocycles. The first-order valence-corrected chi connectivity index (χ1v) is 6.93. The maximum atomic E-state index is 12.1. The summed E-state index contributed by atoms with van der Waals surface area (Å²) in [6.07, 6.45) is -7.47. The minimum absolute atomic E-state index is 0.478. The number of hydrogen-bond donors (Lipinski definition) is 0. The second-order valence-electron chi connectivity index (χ2n) is 5.52. The Hall–Kier alpha value is -0.760. The molecule has 22 heavy (non-hydrogen) atoms. The fourth-order valence-electron chi connectivity index (χ4n) is 1.60. The number of halogens is 6. The molecule has 0 aromatic carbocycles. The van der Waals surface area contributed by atoms with Crippen LogP contribution >= 0.6 is 0 Å². The van der Waals surface area contributed by atoms with Crippen LogP contribution in [0.25, 0.3) is 0 Å². The minimum atomic E-state index is -4.63. The highest BCUT2D eigenvalue weighted by Crippen LogP contribution is 2.20. The molecule has 0 aliphatic carbocycles. The molecule has 8 heteroatoms. The van der Waals surface area contributed by atoms with Gasteiger partial charge in [0, 0.05) is 0 Å². The quantitative estimate of drug-likeness (QED) is 0.325. The van der Waals surface area contributed by atoms with E-state index in [4.69, 9.17) is 0 Å². The summed E-state index contributed by atoms with van der Waals surface area (Å²) < 4.78 is 81.3. The van der Waals surface area contributed by atoms with Gasteiger partial charge in [0.2, 0.25) is 0 Å². The van der Waals surface area contributed by atoms with Gasteiger partial charge in [-0.1, -0.05) is 25.8 Å². The molecule has 0 rings (SSSR count). The molecule has 0 saturated carbocycles. The highest BCUT2D eigenvalue weighted by molar-refractivity contribution is 5.00. The van der Waals surface area contributed by atoms with Crippen molar-refractivity contribution in [2.45, 2.75) is 58.7 Å². The van der Waals surface area contributed by atoms with Crippen LogP contribution in [0.4, 0.5) is 26.3 Å². The maximum absolute atomic E-state index is 12.1. The SMILES string of the molecule is CC(=CC(OCC(F)(F)F)OCC(F)(F)F)CCCC(C)C. The number of ether oxygens (including phenoxy) is 2. The average molecular weight is 336 g/mol. The molecular weight excluding hydrogens is 314 g/mol. The Bertz CT molecular complexity index is 315. The van der Waals surface area contributed by atoms with E-state index >= 15 is 0 Å². The maximum Gasteiger partial charge on any atom is 0.411 e. The van der Waals surface area contributed by atoms with Gasteiger partial charge >= 0.3 is 12.4 Å². The van der Waals surface area contributed by atoms with Crippen LogP contribution in [0.2, 0.25) is 0 Å². The van der Waals surface area contributed by atoms with Crippen LogP contribution in [0.3, 0.4) is 0 Å². The molecule has 0 saturated heterocycles. The van der Waals surface area contributed by atoms with E-state index in [1.165, 1.54) is 0 Å². The van der Waals surface area contributed by atoms with Crippen molar-refractivity contribution in [3.05, 3.63) is 11.6 Å². The van der Waals surface area contributed by atoms with Crippen molar-refractivity contribution in [3.63, 3.8) is 0 Å². The highest BCUT2D eigenvalue weighted by Gasteiger charge is 2.32. The Balaban J connectivity index is 4.54. The Morgan fingerprint density at radius 2 is 1.41 bits per heavy atom. The van der Waals surface area contributed by atoms with Crippen LogP contribution in [0.1, 0.15) is 40.0 Å². The molecule has 0 aromatic rings. The number of allylic oxidation sites excluding steroid dienone is 1. The van der Waals surface area contributed by atoms with Gasteiger partial charge in [-0.05, 0) is 31.8 Å². The molecule has 0 radical (unpaired) electrons. The summed E-state index contributed by atoms with van der Waals surface area (Å²) in [5, 5.41) is 0. The molecule has 0 aromatic heterocycles. The summed E-state index contributed by atoms with van der Waals surface area (Å²) in [6.45, 7) is 2.36. The molecule has 0 atom stereocenters. The van der Waals surface area contributed by atoms with Crippen molar-refractivity contribution < 1.29 is 35.8 Å². The Kier molecular flexibility index (Phi) is 9.07. The van der Waals surface area contributed by atoms with Crippen molar-refractivity contribution in [3.8, 4) is 0 Å². The summed E-state index contributed by atoms with van der Waals surface area (Å²) in [6, 6.07) is 0. The molecule has 0 amide bonds. The lowest BCUT2D eigenvalue weighted by Gasteiger charge is -2.18. The normalized spacial score (nSPS) is 14.2. The van der Waals surface area contributed by atoms with Crippen LogP contribution in [0, 0.1) is 5.92 Å². The van der Waals surface area contributed by atoms with E-state index in [2.05, 4.69) is 9.47 Å². The molecule has 0 aliphatic rings. The summed E-state index contributed by atoms with van der Waals surface area (Å²) in [5.74, 6) is 0.478. The minimum Gasteiger partial charge on any atom is -0.340 e. The smallest absolute Gasteiger partial charge is 0.340 e. The summed E-state index contributed by atoms with van der Waals surface area (Å²) >= 11 is 0. The second kappa shape index (κ2) is 9.39. The van der Waals surface area contributed by atoms with Gasteiger partial charge in [0.1, 0.15) is 13.2 Å². The topological polar surface area (TPSA) is 18.5 Å². The van der Waals surface area contributed by atoms with Gasteiger partial charge in [0.15, 0.2) is 6.29 Å². The van der Waals surface area contributed by atoms with Gasteiger partial charge in [-0.25, -0.2) is 0 Å². The van der Waals surface area contributed by atoms with Crippen LogP contribution in [-0.2, 0) is 9.47 Å². The standard InChI is InChI=1S/C14H22F6O2/c1-10(2)5-4-6-11(3)7-12(21-8-13(15,16)17)22-9-14(18,19)20/h7,10,12H,4-6,8-9H2,1-3H3. The van der Waals surface area contributed by atoms with E-state index in [-0.39, 0.29) is 0 Å².